The molecule has 0 aromatic heterocycles. The highest BCUT2D eigenvalue weighted by Gasteiger charge is 2.57. The molecular formula is C17H31NO3. The summed E-state index contributed by atoms with van der Waals surface area (Å²) in [5.74, 6) is 0. The molecule has 0 radical (unpaired) electrons. The largest absolute Gasteiger partial charge is 0.396 e. The second-order valence-corrected chi connectivity index (χ2v) is 7.56. The van der Waals surface area contributed by atoms with Gasteiger partial charge in [0.05, 0.1) is 31.3 Å². The predicted molar refractivity (Wildman–Crippen MR) is 82.3 cm³/mol. The minimum Gasteiger partial charge on any atom is -0.396 e. The van der Waals surface area contributed by atoms with Crippen molar-refractivity contribution in [2.45, 2.75) is 57.6 Å². The average Bonchev–Trinajstić information content (AvgIpc) is 2.47. The van der Waals surface area contributed by atoms with Crippen LogP contribution in [0.3, 0.4) is 0 Å². The SMILES string of the molecule is CCOC1CC(N(C)CC2(CO)COC2)C12CCCCC2. The van der Waals surface area contributed by atoms with Gasteiger partial charge in [-0.15, -0.1) is 0 Å². The van der Waals surface area contributed by atoms with Gasteiger partial charge in [0, 0.05) is 24.6 Å². The van der Waals surface area contributed by atoms with Crippen molar-refractivity contribution in [3.8, 4) is 0 Å². The maximum atomic E-state index is 9.66. The van der Waals surface area contributed by atoms with Crippen LogP contribution in [-0.4, -0.2) is 62.2 Å². The molecule has 2 aliphatic carbocycles. The molecule has 122 valence electrons. The zero-order valence-corrected chi connectivity index (χ0v) is 13.6. The fourth-order valence-corrected chi connectivity index (χ4v) is 4.91. The summed E-state index contributed by atoms with van der Waals surface area (Å²) in [6, 6.07) is 0.623. The summed E-state index contributed by atoms with van der Waals surface area (Å²) < 4.78 is 11.4. The van der Waals surface area contributed by atoms with Crippen LogP contribution in [0.5, 0.6) is 0 Å². The van der Waals surface area contributed by atoms with Gasteiger partial charge < -0.3 is 19.5 Å². The summed E-state index contributed by atoms with van der Waals surface area (Å²) in [5, 5.41) is 9.66. The highest BCUT2D eigenvalue weighted by Crippen LogP contribution is 2.55. The molecule has 1 heterocycles. The summed E-state index contributed by atoms with van der Waals surface area (Å²) in [4.78, 5) is 2.50. The molecule has 4 heteroatoms. The average molecular weight is 297 g/mol. The van der Waals surface area contributed by atoms with Crippen molar-refractivity contribution >= 4 is 0 Å². The first-order valence-corrected chi connectivity index (χ1v) is 8.66. The lowest BCUT2D eigenvalue weighted by Gasteiger charge is -2.61. The van der Waals surface area contributed by atoms with Crippen LogP contribution in [-0.2, 0) is 9.47 Å². The molecule has 0 amide bonds. The van der Waals surface area contributed by atoms with Gasteiger partial charge in [0.1, 0.15) is 0 Å². The van der Waals surface area contributed by atoms with Gasteiger partial charge in [-0.3, -0.25) is 0 Å². The first-order chi connectivity index (χ1) is 10.2. The summed E-state index contributed by atoms with van der Waals surface area (Å²) in [6.07, 6.45) is 8.32. The van der Waals surface area contributed by atoms with E-state index in [9.17, 15) is 5.11 Å². The molecule has 0 bridgehead atoms. The van der Waals surface area contributed by atoms with Crippen LogP contribution >= 0.6 is 0 Å². The molecule has 1 spiro atoms. The Bertz CT molecular complexity index is 344. The molecule has 3 fully saturated rings. The summed E-state index contributed by atoms with van der Waals surface area (Å²) >= 11 is 0. The Labute approximate surface area is 128 Å². The van der Waals surface area contributed by atoms with Gasteiger partial charge in [0.25, 0.3) is 0 Å². The van der Waals surface area contributed by atoms with Gasteiger partial charge in [0.2, 0.25) is 0 Å². The maximum absolute atomic E-state index is 9.66. The molecule has 1 N–H and O–H groups in total. The molecule has 21 heavy (non-hydrogen) atoms. The van der Waals surface area contributed by atoms with Crippen LogP contribution in [0.15, 0.2) is 0 Å². The van der Waals surface area contributed by atoms with E-state index >= 15 is 0 Å². The first-order valence-electron chi connectivity index (χ1n) is 8.66. The van der Waals surface area contributed by atoms with E-state index in [1.807, 2.05) is 0 Å². The van der Waals surface area contributed by atoms with Crippen molar-refractivity contribution in [1.29, 1.82) is 0 Å². The van der Waals surface area contributed by atoms with Crippen molar-refractivity contribution < 1.29 is 14.6 Å². The molecule has 3 aliphatic rings. The van der Waals surface area contributed by atoms with Gasteiger partial charge in [-0.25, -0.2) is 0 Å². The van der Waals surface area contributed by atoms with Crippen LogP contribution in [0, 0.1) is 10.8 Å². The Morgan fingerprint density at radius 1 is 1.24 bits per heavy atom. The number of hydrogen-bond acceptors (Lipinski definition) is 4. The zero-order valence-electron chi connectivity index (χ0n) is 13.6. The normalized spacial score (nSPS) is 33.7. The molecule has 2 saturated carbocycles. The lowest BCUT2D eigenvalue weighted by atomic mass is 9.54. The molecule has 0 aromatic carbocycles. The molecule has 3 rings (SSSR count). The standard InChI is InChI=1S/C17H31NO3/c1-3-21-15-9-14(17(15)7-5-4-6-8-17)18(2)10-16(11-19)12-20-13-16/h14-15,19H,3-13H2,1-2H3. The minimum atomic E-state index is -0.0126. The van der Waals surface area contributed by atoms with Gasteiger partial charge >= 0.3 is 0 Å². The quantitative estimate of drug-likeness (QED) is 0.815. The highest BCUT2D eigenvalue weighted by molar-refractivity contribution is 5.10. The summed E-state index contributed by atoms with van der Waals surface area (Å²) in [6.45, 7) is 5.56. The van der Waals surface area contributed by atoms with Crippen LogP contribution in [0.2, 0.25) is 0 Å². The second-order valence-electron chi connectivity index (χ2n) is 7.56. The van der Waals surface area contributed by atoms with E-state index in [1.165, 1.54) is 32.1 Å². The van der Waals surface area contributed by atoms with Crippen LogP contribution in [0.4, 0.5) is 0 Å². The van der Waals surface area contributed by atoms with Gasteiger partial charge in [0.15, 0.2) is 0 Å². The van der Waals surface area contributed by atoms with Crippen molar-refractivity contribution in [2.24, 2.45) is 10.8 Å². The van der Waals surface area contributed by atoms with E-state index in [0.29, 0.717) is 30.8 Å². The van der Waals surface area contributed by atoms with Crippen LogP contribution in [0.1, 0.15) is 45.4 Å². The first kappa shape index (κ1) is 15.7. The Morgan fingerprint density at radius 2 is 1.95 bits per heavy atom. The fraction of sp³-hybridized carbons (Fsp3) is 1.00. The Balaban J connectivity index is 1.66. The predicted octanol–water partition coefficient (Wildman–Crippen LogP) is 2.05. The van der Waals surface area contributed by atoms with Crippen molar-refractivity contribution in [3.05, 3.63) is 0 Å². The molecule has 1 aliphatic heterocycles. The molecule has 0 aromatic rings. The summed E-state index contributed by atoms with van der Waals surface area (Å²) in [7, 11) is 2.24. The third-order valence-electron chi connectivity index (χ3n) is 6.16. The van der Waals surface area contributed by atoms with Crippen molar-refractivity contribution in [2.75, 3.05) is 40.0 Å². The fourth-order valence-electron chi connectivity index (χ4n) is 4.91. The minimum absolute atomic E-state index is 0.0126. The lowest BCUT2D eigenvalue weighted by molar-refractivity contribution is -0.201. The van der Waals surface area contributed by atoms with Crippen LogP contribution in [0.25, 0.3) is 0 Å². The van der Waals surface area contributed by atoms with Crippen LogP contribution < -0.4 is 0 Å². The summed E-state index contributed by atoms with van der Waals surface area (Å²) in [5.41, 5.74) is 0.367. The highest BCUT2D eigenvalue weighted by atomic mass is 16.5. The monoisotopic (exact) mass is 297 g/mol. The van der Waals surface area contributed by atoms with E-state index in [-0.39, 0.29) is 12.0 Å². The maximum Gasteiger partial charge on any atom is 0.0661 e. The number of nitrogens with zero attached hydrogens (tertiary/aromatic N) is 1. The van der Waals surface area contributed by atoms with E-state index in [4.69, 9.17) is 9.47 Å². The van der Waals surface area contributed by atoms with E-state index in [0.717, 1.165) is 19.6 Å². The molecule has 2 unspecified atom stereocenters. The van der Waals surface area contributed by atoms with Gasteiger partial charge in [-0.05, 0) is 33.2 Å². The van der Waals surface area contributed by atoms with Gasteiger partial charge in [-0.2, -0.15) is 0 Å². The molecule has 2 atom stereocenters. The third kappa shape index (κ3) is 2.65. The van der Waals surface area contributed by atoms with Gasteiger partial charge in [-0.1, -0.05) is 19.3 Å². The molecule has 4 nitrogen and oxygen atoms in total. The number of hydrogen-bond donors (Lipinski definition) is 1. The zero-order chi connectivity index (χ0) is 14.9. The van der Waals surface area contributed by atoms with E-state index < -0.39 is 0 Å². The Hall–Kier alpha value is -0.160. The topological polar surface area (TPSA) is 41.9 Å². The number of rotatable bonds is 6. The van der Waals surface area contributed by atoms with E-state index in [2.05, 4.69) is 18.9 Å². The van der Waals surface area contributed by atoms with Crippen molar-refractivity contribution in [3.63, 3.8) is 0 Å². The smallest absolute Gasteiger partial charge is 0.0661 e. The molecule has 1 saturated heterocycles. The lowest BCUT2D eigenvalue weighted by Crippen LogP contribution is -2.67. The van der Waals surface area contributed by atoms with Crippen molar-refractivity contribution in [1.82, 2.24) is 4.90 Å². The Morgan fingerprint density at radius 3 is 2.48 bits per heavy atom. The number of aliphatic hydroxyl groups is 1. The third-order valence-corrected chi connectivity index (χ3v) is 6.16. The molecular weight excluding hydrogens is 266 g/mol. The second kappa shape index (κ2) is 6.15. The Kier molecular flexibility index (Phi) is 4.60. The van der Waals surface area contributed by atoms with E-state index in [1.54, 1.807) is 0 Å². The number of aliphatic hydroxyl groups excluding tert-OH is 1. The number of ether oxygens (including phenoxy) is 2.